The van der Waals surface area contributed by atoms with Gasteiger partial charge in [0.1, 0.15) is 24.3 Å². The maximum absolute atomic E-state index is 11.4. The van der Waals surface area contributed by atoms with Crippen molar-refractivity contribution in [1.82, 2.24) is 5.16 Å². The van der Waals surface area contributed by atoms with Crippen molar-refractivity contribution in [3.8, 4) is 0 Å². The summed E-state index contributed by atoms with van der Waals surface area (Å²) in [6, 6.07) is 0. The van der Waals surface area contributed by atoms with Crippen LogP contribution in [0.15, 0.2) is 10.8 Å². The molecule has 1 N–H and O–H groups in total. The zero-order valence-corrected chi connectivity index (χ0v) is 9.78. The van der Waals surface area contributed by atoms with Gasteiger partial charge in [0, 0.05) is 6.61 Å². The number of anilines is 1. The van der Waals surface area contributed by atoms with E-state index in [1.54, 1.807) is 6.92 Å². The quantitative estimate of drug-likeness (QED) is 0.723. The van der Waals surface area contributed by atoms with Gasteiger partial charge < -0.3 is 14.6 Å². The van der Waals surface area contributed by atoms with E-state index >= 15 is 0 Å². The molecule has 0 aliphatic carbocycles. The van der Waals surface area contributed by atoms with Gasteiger partial charge in [0.05, 0.1) is 0 Å². The lowest BCUT2D eigenvalue weighted by Crippen LogP contribution is -2.18. The fourth-order valence-electron chi connectivity index (χ4n) is 1.22. The number of carbonyl (C=O) groups is 1. The summed E-state index contributed by atoms with van der Waals surface area (Å²) in [5, 5.41) is 6.32. The Labute approximate surface area is 95.1 Å². The van der Waals surface area contributed by atoms with Crippen LogP contribution in [0.5, 0.6) is 0 Å². The van der Waals surface area contributed by atoms with Crippen LogP contribution in [0.3, 0.4) is 0 Å². The molecule has 0 aliphatic heterocycles. The summed E-state index contributed by atoms with van der Waals surface area (Å²) < 4.78 is 9.92. The summed E-state index contributed by atoms with van der Waals surface area (Å²) in [7, 11) is 0. The second kappa shape index (κ2) is 7.00. The van der Waals surface area contributed by atoms with Crippen LogP contribution in [0.25, 0.3) is 0 Å². The molecular formula is C11H18N2O3. The number of hydrogen-bond donors (Lipinski definition) is 1. The van der Waals surface area contributed by atoms with Crippen molar-refractivity contribution in [2.45, 2.75) is 33.1 Å². The molecule has 0 radical (unpaired) electrons. The van der Waals surface area contributed by atoms with Gasteiger partial charge >= 0.3 is 0 Å². The van der Waals surface area contributed by atoms with Crippen molar-refractivity contribution < 1.29 is 14.1 Å². The van der Waals surface area contributed by atoms with Gasteiger partial charge in [0.15, 0.2) is 0 Å². The minimum Gasteiger partial charge on any atom is -0.372 e. The Morgan fingerprint density at radius 3 is 3.00 bits per heavy atom. The molecule has 5 nitrogen and oxygen atoms in total. The smallest absolute Gasteiger partial charge is 0.250 e. The lowest BCUT2D eigenvalue weighted by molar-refractivity contribution is -0.120. The first-order valence-corrected chi connectivity index (χ1v) is 5.52. The number of rotatable bonds is 7. The Morgan fingerprint density at radius 1 is 1.56 bits per heavy atom. The molecule has 0 aliphatic rings. The van der Waals surface area contributed by atoms with Crippen molar-refractivity contribution in [1.29, 1.82) is 0 Å². The van der Waals surface area contributed by atoms with E-state index in [0.29, 0.717) is 18.0 Å². The van der Waals surface area contributed by atoms with Crippen molar-refractivity contribution in [2.75, 3.05) is 18.5 Å². The molecule has 0 saturated heterocycles. The second-order valence-corrected chi connectivity index (χ2v) is 3.62. The zero-order valence-electron chi connectivity index (χ0n) is 9.78. The van der Waals surface area contributed by atoms with Crippen molar-refractivity contribution in [3.05, 3.63) is 12.0 Å². The first kappa shape index (κ1) is 12.7. The number of amides is 1. The molecule has 0 saturated carbocycles. The molecule has 1 amide bonds. The maximum Gasteiger partial charge on any atom is 0.250 e. The monoisotopic (exact) mass is 226 g/mol. The second-order valence-electron chi connectivity index (χ2n) is 3.62. The average molecular weight is 226 g/mol. The van der Waals surface area contributed by atoms with Gasteiger partial charge in [-0.3, -0.25) is 4.79 Å². The number of unbranched alkanes of at least 4 members (excludes halogenated alkanes) is 2. The van der Waals surface area contributed by atoms with E-state index in [4.69, 9.17) is 9.26 Å². The number of nitrogens with one attached hydrogen (secondary N) is 1. The third-order valence-electron chi connectivity index (χ3n) is 2.15. The Kier molecular flexibility index (Phi) is 5.56. The molecule has 0 unspecified atom stereocenters. The molecule has 5 heteroatoms. The summed E-state index contributed by atoms with van der Waals surface area (Å²) in [6.45, 7) is 4.60. The fourth-order valence-corrected chi connectivity index (χ4v) is 1.22. The van der Waals surface area contributed by atoms with E-state index in [-0.39, 0.29) is 12.5 Å². The molecule has 1 aromatic rings. The predicted molar refractivity (Wildman–Crippen MR) is 60.2 cm³/mol. The van der Waals surface area contributed by atoms with Crippen LogP contribution in [0.4, 0.5) is 5.69 Å². The van der Waals surface area contributed by atoms with Crippen molar-refractivity contribution >= 4 is 11.6 Å². The van der Waals surface area contributed by atoms with Gasteiger partial charge in [0.25, 0.3) is 5.91 Å². The van der Waals surface area contributed by atoms with Crippen LogP contribution < -0.4 is 5.32 Å². The Morgan fingerprint density at radius 2 is 2.38 bits per heavy atom. The molecule has 0 aromatic carbocycles. The lowest BCUT2D eigenvalue weighted by atomic mass is 10.3. The molecule has 0 fully saturated rings. The Balaban J connectivity index is 2.14. The van der Waals surface area contributed by atoms with Gasteiger partial charge in [-0.1, -0.05) is 24.9 Å². The molecule has 0 bridgehead atoms. The predicted octanol–water partition coefficient (Wildman–Crippen LogP) is 2.13. The van der Waals surface area contributed by atoms with Crippen molar-refractivity contribution in [3.63, 3.8) is 0 Å². The highest BCUT2D eigenvalue weighted by molar-refractivity contribution is 5.91. The lowest BCUT2D eigenvalue weighted by Gasteiger charge is -2.04. The molecule has 0 atom stereocenters. The van der Waals surface area contributed by atoms with Crippen LogP contribution in [0, 0.1) is 6.92 Å². The Hall–Kier alpha value is -1.36. The van der Waals surface area contributed by atoms with Gasteiger partial charge in [0.2, 0.25) is 0 Å². The molecule has 1 heterocycles. The largest absolute Gasteiger partial charge is 0.372 e. The highest BCUT2D eigenvalue weighted by atomic mass is 16.5. The van der Waals surface area contributed by atoms with Crippen LogP contribution in [-0.2, 0) is 9.53 Å². The van der Waals surface area contributed by atoms with Crippen LogP contribution >= 0.6 is 0 Å². The summed E-state index contributed by atoms with van der Waals surface area (Å²) in [5.41, 5.74) is 1.27. The molecule has 1 aromatic heterocycles. The summed E-state index contributed by atoms with van der Waals surface area (Å²) in [5.74, 6) is -0.178. The maximum atomic E-state index is 11.4. The van der Waals surface area contributed by atoms with Gasteiger partial charge in [-0.15, -0.1) is 0 Å². The van der Waals surface area contributed by atoms with Crippen LogP contribution in [0.1, 0.15) is 31.9 Å². The Bertz CT molecular complexity index is 323. The normalized spacial score (nSPS) is 10.4. The minimum absolute atomic E-state index is 0.0777. The minimum atomic E-state index is -0.178. The van der Waals surface area contributed by atoms with E-state index in [1.165, 1.54) is 6.26 Å². The van der Waals surface area contributed by atoms with E-state index in [9.17, 15) is 4.79 Å². The van der Waals surface area contributed by atoms with Gasteiger partial charge in [-0.25, -0.2) is 0 Å². The molecule has 0 spiro atoms. The third kappa shape index (κ3) is 4.44. The molecule has 1 rings (SSSR count). The number of hydrogen-bond acceptors (Lipinski definition) is 4. The highest BCUT2D eigenvalue weighted by Crippen LogP contribution is 2.10. The van der Waals surface area contributed by atoms with E-state index < -0.39 is 0 Å². The SMILES string of the molecule is CCCCCOCC(=O)Nc1conc1C. The summed E-state index contributed by atoms with van der Waals surface area (Å²) in [6.07, 6.45) is 4.68. The number of nitrogens with zero attached hydrogens (tertiary/aromatic N) is 1. The standard InChI is InChI=1S/C11H18N2O3/c1-3-4-5-6-15-8-11(14)12-10-7-16-13-9(10)2/h7H,3-6,8H2,1-2H3,(H,12,14). The van der Waals surface area contributed by atoms with Crippen LogP contribution in [-0.4, -0.2) is 24.3 Å². The third-order valence-corrected chi connectivity index (χ3v) is 2.15. The fraction of sp³-hybridized carbons (Fsp3) is 0.636. The average Bonchev–Trinajstić information content (AvgIpc) is 2.64. The number of aryl methyl sites for hydroxylation is 1. The number of carbonyl (C=O) groups excluding carboxylic acids is 1. The summed E-state index contributed by atoms with van der Waals surface area (Å²) >= 11 is 0. The first-order chi connectivity index (χ1) is 7.74. The van der Waals surface area contributed by atoms with Crippen molar-refractivity contribution in [2.24, 2.45) is 0 Å². The van der Waals surface area contributed by atoms with Gasteiger partial charge in [-0.05, 0) is 13.3 Å². The van der Waals surface area contributed by atoms with E-state index in [0.717, 1.165) is 19.3 Å². The highest BCUT2D eigenvalue weighted by Gasteiger charge is 2.07. The van der Waals surface area contributed by atoms with E-state index in [1.807, 2.05) is 0 Å². The molecule has 16 heavy (non-hydrogen) atoms. The molecule has 90 valence electrons. The van der Waals surface area contributed by atoms with Crippen LogP contribution in [0.2, 0.25) is 0 Å². The first-order valence-electron chi connectivity index (χ1n) is 5.52. The van der Waals surface area contributed by atoms with Gasteiger partial charge in [-0.2, -0.15) is 0 Å². The topological polar surface area (TPSA) is 64.4 Å². The number of ether oxygens (including phenoxy) is 1. The molecular weight excluding hydrogens is 208 g/mol. The number of aromatic nitrogens is 1. The zero-order chi connectivity index (χ0) is 11.8. The van der Waals surface area contributed by atoms with E-state index in [2.05, 4.69) is 17.4 Å². The summed E-state index contributed by atoms with van der Waals surface area (Å²) in [4.78, 5) is 11.4.